The zero-order valence-corrected chi connectivity index (χ0v) is 15.6. The third-order valence-corrected chi connectivity index (χ3v) is 4.25. The summed E-state index contributed by atoms with van der Waals surface area (Å²) in [5.41, 5.74) is -3.29. The monoisotopic (exact) mass is 419 g/mol. The second-order valence-electron chi connectivity index (χ2n) is 5.91. The second-order valence-corrected chi connectivity index (χ2v) is 6.35. The predicted molar refractivity (Wildman–Crippen MR) is 94.3 cm³/mol. The van der Waals surface area contributed by atoms with Crippen LogP contribution in [0.1, 0.15) is 12.5 Å². The number of ether oxygens (including phenoxy) is 3. The first kappa shape index (κ1) is 20.4. The standard InChI is InChI=1S/C17H17ClF3N3O4/c1-2-27-14(25)16(17(19,20)21)22-13(11-4-3-5-12(18)10-11)28-15(23-16)24-6-8-26-9-7-24/h3-5,10H,2,6-9H2,1H3. The Bertz CT molecular complexity index is 809. The molecule has 0 N–H and O–H groups in total. The zero-order valence-electron chi connectivity index (χ0n) is 14.8. The zero-order chi connectivity index (χ0) is 20.4. The van der Waals surface area contributed by atoms with Crippen LogP contribution in [-0.4, -0.2) is 67.5 Å². The van der Waals surface area contributed by atoms with Crippen LogP contribution in [0.2, 0.25) is 5.02 Å². The van der Waals surface area contributed by atoms with E-state index >= 15 is 0 Å². The van der Waals surface area contributed by atoms with E-state index in [0.717, 1.165) is 0 Å². The van der Waals surface area contributed by atoms with Crippen LogP contribution < -0.4 is 0 Å². The maximum Gasteiger partial charge on any atom is 0.446 e. The number of morpholine rings is 1. The van der Waals surface area contributed by atoms with Gasteiger partial charge in [0.1, 0.15) is 0 Å². The van der Waals surface area contributed by atoms with E-state index in [9.17, 15) is 18.0 Å². The summed E-state index contributed by atoms with van der Waals surface area (Å²) in [5, 5.41) is 0.271. The normalized spacial score (nSPS) is 22.8. The number of hydrogen-bond acceptors (Lipinski definition) is 7. The number of alkyl halides is 3. The third kappa shape index (κ3) is 3.93. The fraction of sp³-hybridized carbons (Fsp3) is 0.471. The Morgan fingerprint density at radius 3 is 2.64 bits per heavy atom. The molecule has 2 aliphatic heterocycles. The molecule has 0 aliphatic carbocycles. The molecule has 0 spiro atoms. The van der Waals surface area contributed by atoms with Gasteiger partial charge in [-0.3, -0.25) is 0 Å². The number of hydrogen-bond donors (Lipinski definition) is 0. The molecule has 1 aromatic rings. The van der Waals surface area contributed by atoms with Crippen molar-refractivity contribution in [2.75, 3.05) is 32.9 Å². The van der Waals surface area contributed by atoms with E-state index < -0.39 is 23.7 Å². The van der Waals surface area contributed by atoms with Crippen molar-refractivity contribution >= 4 is 29.5 Å². The van der Waals surface area contributed by atoms with Crippen LogP contribution in [0.25, 0.3) is 0 Å². The minimum atomic E-state index is -5.15. The van der Waals surface area contributed by atoms with Crippen LogP contribution in [0, 0.1) is 0 Å². The lowest BCUT2D eigenvalue weighted by Crippen LogP contribution is -2.56. The summed E-state index contributed by atoms with van der Waals surface area (Å²) in [6, 6.07) is 5.56. The SMILES string of the molecule is CCOC(=O)C1(C(F)(F)F)N=C(c2cccc(Cl)c2)OC(N2CCOCC2)=N1. The second kappa shape index (κ2) is 7.96. The van der Waals surface area contributed by atoms with E-state index in [-0.39, 0.29) is 49.5 Å². The highest BCUT2D eigenvalue weighted by Crippen LogP contribution is 2.39. The Balaban J connectivity index is 2.14. The smallest absolute Gasteiger partial charge is 0.446 e. The molecular weight excluding hydrogens is 403 g/mol. The van der Waals surface area contributed by atoms with Crippen LogP contribution in [-0.2, 0) is 19.0 Å². The van der Waals surface area contributed by atoms with Crippen molar-refractivity contribution in [2.45, 2.75) is 18.8 Å². The molecule has 3 rings (SSSR count). The van der Waals surface area contributed by atoms with E-state index in [0.29, 0.717) is 0 Å². The van der Waals surface area contributed by atoms with Crippen LogP contribution in [0.4, 0.5) is 13.2 Å². The van der Waals surface area contributed by atoms with E-state index in [1.165, 1.54) is 30.0 Å². The number of benzene rings is 1. The van der Waals surface area contributed by atoms with E-state index in [4.69, 9.17) is 21.1 Å². The van der Waals surface area contributed by atoms with E-state index in [1.807, 2.05) is 0 Å². The van der Waals surface area contributed by atoms with Crippen molar-refractivity contribution < 1.29 is 32.2 Å². The number of nitrogens with zero attached hydrogens (tertiary/aromatic N) is 3. The molecule has 0 saturated carbocycles. The van der Waals surface area contributed by atoms with Gasteiger partial charge in [0.05, 0.1) is 19.8 Å². The van der Waals surface area contributed by atoms with Crippen molar-refractivity contribution in [2.24, 2.45) is 9.98 Å². The fourth-order valence-corrected chi connectivity index (χ4v) is 2.83. The molecule has 11 heteroatoms. The first-order chi connectivity index (χ1) is 13.3. The van der Waals surface area contributed by atoms with Crippen LogP contribution in [0.5, 0.6) is 0 Å². The predicted octanol–water partition coefficient (Wildman–Crippen LogP) is 2.63. The van der Waals surface area contributed by atoms with Crippen molar-refractivity contribution in [1.29, 1.82) is 0 Å². The number of amidine groups is 1. The highest BCUT2D eigenvalue weighted by Gasteiger charge is 2.65. The van der Waals surface area contributed by atoms with Gasteiger partial charge in [0, 0.05) is 23.7 Å². The van der Waals surface area contributed by atoms with Gasteiger partial charge >= 0.3 is 17.8 Å². The lowest BCUT2D eigenvalue weighted by atomic mass is 10.1. The topological polar surface area (TPSA) is 72.7 Å². The van der Waals surface area contributed by atoms with Gasteiger partial charge in [0.25, 0.3) is 6.02 Å². The molecule has 7 nitrogen and oxygen atoms in total. The maximum atomic E-state index is 14.0. The van der Waals surface area contributed by atoms with Crippen molar-refractivity contribution in [3.8, 4) is 0 Å². The minimum absolute atomic E-state index is 0.172. The largest absolute Gasteiger partial charge is 0.462 e. The van der Waals surface area contributed by atoms with Gasteiger partial charge in [-0.05, 0) is 25.1 Å². The number of rotatable bonds is 3. The average Bonchev–Trinajstić information content (AvgIpc) is 2.67. The Labute approximate surface area is 163 Å². The Morgan fingerprint density at radius 1 is 1.32 bits per heavy atom. The first-order valence-electron chi connectivity index (χ1n) is 8.47. The molecule has 1 atom stereocenters. The van der Waals surface area contributed by atoms with Crippen LogP contribution in [0.15, 0.2) is 34.3 Å². The summed E-state index contributed by atoms with van der Waals surface area (Å²) in [6.07, 6.45) is -5.15. The summed E-state index contributed by atoms with van der Waals surface area (Å²) in [6.45, 7) is 2.20. The fourth-order valence-electron chi connectivity index (χ4n) is 2.64. The molecule has 1 saturated heterocycles. The van der Waals surface area contributed by atoms with Gasteiger partial charge in [-0.2, -0.15) is 23.2 Å². The van der Waals surface area contributed by atoms with Gasteiger partial charge in [-0.15, -0.1) is 0 Å². The number of esters is 1. The molecule has 28 heavy (non-hydrogen) atoms. The summed E-state index contributed by atoms with van der Waals surface area (Å²) < 4.78 is 57.5. The van der Waals surface area contributed by atoms with Crippen LogP contribution >= 0.6 is 11.6 Å². The van der Waals surface area contributed by atoms with E-state index in [1.54, 1.807) is 6.07 Å². The number of halogens is 4. The molecule has 2 heterocycles. The van der Waals surface area contributed by atoms with Gasteiger partial charge in [0.15, 0.2) is 0 Å². The molecular formula is C17H17ClF3N3O4. The maximum absolute atomic E-state index is 14.0. The Kier molecular flexibility index (Phi) is 5.80. The number of carbonyl (C=O) groups is 1. The highest BCUT2D eigenvalue weighted by atomic mass is 35.5. The molecule has 0 aromatic heterocycles. The molecule has 0 radical (unpaired) electrons. The Hall–Kier alpha value is -2.33. The third-order valence-electron chi connectivity index (χ3n) is 4.02. The van der Waals surface area contributed by atoms with Gasteiger partial charge in [-0.25, -0.2) is 4.79 Å². The van der Waals surface area contributed by atoms with E-state index in [2.05, 4.69) is 14.7 Å². The molecule has 1 aromatic carbocycles. The van der Waals surface area contributed by atoms with Crippen LogP contribution in [0.3, 0.4) is 0 Å². The lowest BCUT2D eigenvalue weighted by Gasteiger charge is -2.35. The number of aliphatic imine (C=N–C) groups is 2. The average molecular weight is 420 g/mol. The van der Waals surface area contributed by atoms with Gasteiger partial charge in [-0.1, -0.05) is 17.7 Å². The number of carbonyl (C=O) groups excluding carboxylic acids is 1. The van der Waals surface area contributed by atoms with Crippen molar-refractivity contribution in [1.82, 2.24) is 4.90 Å². The summed E-state index contributed by atoms with van der Waals surface area (Å²) >= 11 is 5.94. The van der Waals surface area contributed by atoms with Crippen molar-refractivity contribution in [3.05, 3.63) is 34.9 Å². The molecule has 152 valence electrons. The minimum Gasteiger partial charge on any atom is -0.462 e. The van der Waals surface area contributed by atoms with Gasteiger partial charge < -0.3 is 19.1 Å². The van der Waals surface area contributed by atoms with Crippen molar-refractivity contribution in [3.63, 3.8) is 0 Å². The molecule has 1 fully saturated rings. The molecule has 1 unspecified atom stereocenters. The molecule has 0 amide bonds. The Morgan fingerprint density at radius 2 is 2.04 bits per heavy atom. The first-order valence-corrected chi connectivity index (χ1v) is 8.85. The highest BCUT2D eigenvalue weighted by molar-refractivity contribution is 6.31. The molecule has 0 bridgehead atoms. The molecule has 2 aliphatic rings. The summed E-state index contributed by atoms with van der Waals surface area (Å²) in [7, 11) is 0. The lowest BCUT2D eigenvalue weighted by molar-refractivity contribution is -0.204. The van der Waals surface area contributed by atoms with Gasteiger partial charge in [0.2, 0.25) is 5.90 Å². The quantitative estimate of drug-likeness (QED) is 0.704. The summed E-state index contributed by atoms with van der Waals surface area (Å²) in [5.74, 6) is -2.06. The summed E-state index contributed by atoms with van der Waals surface area (Å²) in [4.78, 5) is 20.9.